The van der Waals surface area contributed by atoms with Crippen LogP contribution in [0.15, 0.2) is 41.4 Å². The van der Waals surface area contributed by atoms with Gasteiger partial charge in [-0.1, -0.05) is 26.0 Å². The highest BCUT2D eigenvalue weighted by atomic mass is 127. The maximum atomic E-state index is 11.4. The van der Waals surface area contributed by atoms with Gasteiger partial charge in [0.1, 0.15) is 5.84 Å². The van der Waals surface area contributed by atoms with Crippen LogP contribution in [-0.4, -0.2) is 21.6 Å². The molecule has 0 aromatic carbocycles. The number of nitrogens with zero attached hydrogens (tertiary/aromatic N) is 2. The van der Waals surface area contributed by atoms with Crippen LogP contribution in [0.5, 0.6) is 0 Å². The molecule has 4 nitrogen and oxygen atoms in total. The molecule has 0 saturated heterocycles. The number of halogens is 1. The van der Waals surface area contributed by atoms with Crippen molar-refractivity contribution in [1.29, 1.82) is 0 Å². The molecule has 0 atom stereocenters. The van der Waals surface area contributed by atoms with Gasteiger partial charge in [0.25, 0.3) is 0 Å². The van der Waals surface area contributed by atoms with Crippen molar-refractivity contribution in [3.8, 4) is 0 Å². The molecule has 0 saturated carbocycles. The summed E-state index contributed by atoms with van der Waals surface area (Å²) >= 11 is 1.59. The van der Waals surface area contributed by atoms with Crippen molar-refractivity contribution in [2.45, 2.75) is 13.8 Å². The quantitative estimate of drug-likeness (QED) is 0.331. The van der Waals surface area contributed by atoms with Crippen LogP contribution < -0.4 is 5.11 Å². The van der Waals surface area contributed by atoms with Crippen LogP contribution in [0.4, 0.5) is 0 Å². The number of amidine groups is 1. The van der Waals surface area contributed by atoms with Crippen LogP contribution in [-0.2, 0) is 4.79 Å². The van der Waals surface area contributed by atoms with Crippen LogP contribution in [0.25, 0.3) is 0 Å². The van der Waals surface area contributed by atoms with E-state index in [9.17, 15) is 9.90 Å². The maximum absolute atomic E-state index is 11.4. The second-order valence-electron chi connectivity index (χ2n) is 4.20. The fraction of sp³-hybridized carbons (Fsp3) is 0.333. The van der Waals surface area contributed by atoms with Gasteiger partial charge in [-0.25, -0.2) is 0 Å². The third-order valence-corrected chi connectivity index (χ3v) is 2.92. The smallest absolute Gasteiger partial charge is 0.237 e. The fourth-order valence-corrected chi connectivity index (χ4v) is 1.74. The Morgan fingerprint density at radius 2 is 2.18 bits per heavy atom. The molecule has 0 bridgehead atoms. The van der Waals surface area contributed by atoms with E-state index in [1.54, 1.807) is 35.8 Å². The topological polar surface area (TPSA) is 55.7 Å². The number of carbonyl (C=O) groups is 1. The lowest BCUT2D eigenvalue weighted by atomic mass is 9.93. The maximum Gasteiger partial charge on any atom is 0.237 e. The molecule has 1 aliphatic heterocycles. The molecule has 0 fully saturated rings. The van der Waals surface area contributed by atoms with Crippen LogP contribution in [0, 0.1) is 5.41 Å². The zero-order chi connectivity index (χ0) is 13.1. The molecule has 0 aromatic heterocycles. The Hall–Kier alpha value is -1.11. The van der Waals surface area contributed by atoms with E-state index in [-0.39, 0.29) is 14.9 Å². The minimum absolute atomic E-state index is 0.0739. The molecule has 92 valence electrons. The van der Waals surface area contributed by atoms with Crippen LogP contribution in [0.1, 0.15) is 13.8 Å². The number of rotatable bonds is 2. The lowest BCUT2D eigenvalue weighted by Gasteiger charge is -2.21. The van der Waals surface area contributed by atoms with E-state index in [1.807, 2.05) is 32.1 Å². The van der Waals surface area contributed by atoms with Gasteiger partial charge in [-0.05, 0) is 6.08 Å². The summed E-state index contributed by atoms with van der Waals surface area (Å²) in [5.41, 5.74) is -0.0581. The molecule has 17 heavy (non-hydrogen) atoms. The molecule has 5 heteroatoms. The first kappa shape index (κ1) is 14.0. The van der Waals surface area contributed by atoms with E-state index in [2.05, 4.69) is 4.99 Å². The second-order valence-corrected chi connectivity index (χ2v) is 5.18. The minimum Gasteiger partial charge on any atom is -0.876 e. The SMILES string of the molecule is CN=C1C=CC(C)(C)C=CN1/C(=C\[O-])C(=O)I. The Labute approximate surface area is 115 Å². The van der Waals surface area contributed by atoms with Crippen LogP contribution in [0.2, 0.25) is 0 Å². The summed E-state index contributed by atoms with van der Waals surface area (Å²) < 4.78 is -0.309. The zero-order valence-corrected chi connectivity index (χ0v) is 12.1. The molecule has 0 spiro atoms. The summed E-state index contributed by atoms with van der Waals surface area (Å²) in [7, 11) is 1.62. The van der Waals surface area contributed by atoms with Crippen LogP contribution >= 0.6 is 22.6 Å². The van der Waals surface area contributed by atoms with Crippen LogP contribution in [0.3, 0.4) is 0 Å². The molecular formula is C12H14IN2O2-. The summed E-state index contributed by atoms with van der Waals surface area (Å²) in [6.45, 7) is 4.06. The van der Waals surface area contributed by atoms with Gasteiger partial charge in [0.05, 0.1) is 5.70 Å². The molecule has 1 aliphatic rings. The summed E-state index contributed by atoms with van der Waals surface area (Å²) in [6.07, 6.45) is 7.97. The number of hydrogen-bond donors (Lipinski definition) is 0. The highest BCUT2D eigenvalue weighted by Crippen LogP contribution is 2.24. The van der Waals surface area contributed by atoms with E-state index in [1.165, 1.54) is 4.90 Å². The van der Waals surface area contributed by atoms with Crippen molar-refractivity contribution >= 4 is 32.2 Å². The molecule has 0 aliphatic carbocycles. The zero-order valence-electron chi connectivity index (χ0n) is 9.98. The van der Waals surface area contributed by atoms with Gasteiger partial charge in [0.15, 0.2) is 0 Å². The average molecular weight is 345 g/mol. The summed E-state index contributed by atoms with van der Waals surface area (Å²) in [6, 6.07) is 0. The van der Waals surface area contributed by atoms with Crippen molar-refractivity contribution in [3.63, 3.8) is 0 Å². The predicted octanol–water partition coefficient (Wildman–Crippen LogP) is 1.59. The summed E-state index contributed by atoms with van der Waals surface area (Å²) in [5, 5.41) is 11.0. The fourth-order valence-electron chi connectivity index (χ4n) is 1.35. The molecule has 0 amide bonds. The monoisotopic (exact) mass is 345 g/mol. The normalized spacial score (nSPS) is 21.8. The first-order valence-corrected chi connectivity index (χ1v) is 6.16. The third kappa shape index (κ3) is 3.42. The predicted molar refractivity (Wildman–Crippen MR) is 74.4 cm³/mol. The first-order chi connectivity index (χ1) is 7.91. The second kappa shape index (κ2) is 5.48. The van der Waals surface area contributed by atoms with Crippen molar-refractivity contribution in [3.05, 3.63) is 36.4 Å². The Morgan fingerprint density at radius 1 is 1.53 bits per heavy atom. The molecule has 1 rings (SSSR count). The Morgan fingerprint density at radius 3 is 2.65 bits per heavy atom. The molecule has 0 aromatic rings. The largest absolute Gasteiger partial charge is 0.876 e. The Bertz CT molecular complexity index is 434. The van der Waals surface area contributed by atoms with Gasteiger partial charge >= 0.3 is 0 Å². The van der Waals surface area contributed by atoms with Gasteiger partial charge in [-0.15, -0.1) is 6.26 Å². The standard InChI is InChI=1S/C12H15IN2O2/c1-12(2)5-4-10(14-3)15(7-6-12)9(8-16)11(13)17/h4-8,16H,1-3H3/p-1/b9-8-,14-10?. The highest BCUT2D eigenvalue weighted by Gasteiger charge is 2.20. The van der Waals surface area contributed by atoms with Crippen molar-refractivity contribution in [2.75, 3.05) is 7.05 Å². The highest BCUT2D eigenvalue weighted by molar-refractivity contribution is 14.1. The van der Waals surface area contributed by atoms with E-state index < -0.39 is 0 Å². The van der Waals surface area contributed by atoms with Crippen molar-refractivity contribution in [2.24, 2.45) is 10.4 Å². The summed E-state index contributed by atoms with van der Waals surface area (Å²) in [4.78, 5) is 17.0. The molecule has 0 radical (unpaired) electrons. The van der Waals surface area contributed by atoms with E-state index >= 15 is 0 Å². The van der Waals surface area contributed by atoms with E-state index in [0.717, 1.165) is 0 Å². The van der Waals surface area contributed by atoms with Crippen molar-refractivity contribution < 1.29 is 9.90 Å². The molecule has 0 N–H and O–H groups in total. The number of aliphatic imine (C=N–C) groups is 1. The minimum atomic E-state index is -0.309. The number of allylic oxidation sites excluding steroid dienone is 3. The molecule has 1 heterocycles. The Balaban J connectivity index is 3.23. The van der Waals surface area contributed by atoms with Crippen molar-refractivity contribution in [1.82, 2.24) is 4.90 Å². The van der Waals surface area contributed by atoms with Gasteiger partial charge in [-0.3, -0.25) is 14.7 Å². The number of hydrogen-bond acceptors (Lipinski definition) is 3. The van der Waals surface area contributed by atoms with Gasteiger partial charge in [0, 0.05) is 41.3 Å². The Kier molecular flexibility index (Phi) is 4.50. The lowest BCUT2D eigenvalue weighted by Crippen LogP contribution is -2.27. The number of carbonyl (C=O) groups excluding carboxylic acids is 1. The van der Waals surface area contributed by atoms with Gasteiger partial charge < -0.3 is 5.11 Å². The molecular weight excluding hydrogens is 331 g/mol. The summed E-state index contributed by atoms with van der Waals surface area (Å²) in [5.74, 6) is 0.568. The average Bonchev–Trinajstić information content (AvgIpc) is 2.39. The lowest BCUT2D eigenvalue weighted by molar-refractivity contribution is -0.276. The third-order valence-electron chi connectivity index (χ3n) is 2.36. The molecule has 0 unspecified atom stereocenters. The van der Waals surface area contributed by atoms with E-state index in [4.69, 9.17) is 0 Å². The van der Waals surface area contributed by atoms with E-state index in [0.29, 0.717) is 12.1 Å². The first-order valence-electron chi connectivity index (χ1n) is 5.08. The van der Waals surface area contributed by atoms with Gasteiger partial charge in [-0.2, -0.15) is 0 Å². The van der Waals surface area contributed by atoms with Gasteiger partial charge in [0.2, 0.25) is 3.79 Å².